The first-order valence-electron chi connectivity index (χ1n) is 10.8. The van der Waals surface area contributed by atoms with Gasteiger partial charge in [0.1, 0.15) is 18.1 Å². The third-order valence-corrected chi connectivity index (χ3v) is 6.06. The first-order valence-corrected chi connectivity index (χ1v) is 13.6. The molecule has 12 heteroatoms. The normalized spacial score (nSPS) is 17.3. The van der Waals surface area contributed by atoms with Gasteiger partial charge in [-0.25, -0.2) is 14.8 Å². The van der Waals surface area contributed by atoms with E-state index in [1.165, 1.54) is 11.0 Å². The minimum atomic E-state index is -4.54. The van der Waals surface area contributed by atoms with Crippen LogP contribution in [-0.2, 0) is 0 Å². The standard InChI is InChI=1S/C23H25F3N6O2S/c1-35(2,3)11-8-15-6-9-27-19(12-15)30-22(34)32-16-7-10-31(13-16)18-5-4-17(29-20(18)32)21(33)28-14-23(24,25)26/h4-6,9,12,16H,7,10,13-14H2,1-3H3,(H,28,33)(H,27,30,34)/t16-/m0/s1. The molecule has 0 aromatic carbocycles. The molecule has 1 fully saturated rings. The van der Waals surface area contributed by atoms with Gasteiger partial charge in [0.15, 0.2) is 5.82 Å². The Bertz CT molecular complexity index is 1220. The number of hydrogen-bond acceptors (Lipinski definition) is 5. The van der Waals surface area contributed by atoms with Gasteiger partial charge in [0.2, 0.25) is 0 Å². The van der Waals surface area contributed by atoms with Crippen molar-refractivity contribution >= 4 is 39.3 Å². The Labute approximate surface area is 202 Å². The van der Waals surface area contributed by atoms with E-state index in [0.717, 1.165) is 0 Å². The minimum Gasteiger partial charge on any atom is -0.366 e. The van der Waals surface area contributed by atoms with E-state index >= 15 is 0 Å². The second kappa shape index (κ2) is 9.30. The summed E-state index contributed by atoms with van der Waals surface area (Å²) in [5.41, 5.74) is 1.15. The summed E-state index contributed by atoms with van der Waals surface area (Å²) in [6.07, 6.45) is 3.93. The van der Waals surface area contributed by atoms with Crippen LogP contribution in [0, 0.1) is 11.2 Å². The largest absolute Gasteiger partial charge is 0.405 e. The van der Waals surface area contributed by atoms with E-state index in [-0.39, 0.29) is 17.6 Å². The summed E-state index contributed by atoms with van der Waals surface area (Å²) < 4.78 is 37.5. The SMILES string of the molecule is CS(C)(C)C#Cc1ccnc(NC(=O)N2c3nc(C(=O)NCC(F)(F)F)ccc3N3CC[C@H]2C3)c1. The molecule has 8 nitrogen and oxygen atoms in total. The minimum absolute atomic E-state index is 0.198. The van der Waals surface area contributed by atoms with Crippen LogP contribution in [-0.4, -0.2) is 72.5 Å². The maximum absolute atomic E-state index is 13.3. The molecule has 2 aromatic heterocycles. The number of hydrogen-bond donors (Lipinski definition) is 2. The van der Waals surface area contributed by atoms with Crippen LogP contribution < -0.4 is 20.4 Å². The highest BCUT2D eigenvalue weighted by molar-refractivity contribution is 8.35. The highest BCUT2D eigenvalue weighted by atomic mass is 32.3. The maximum Gasteiger partial charge on any atom is 0.405 e. The number of rotatable bonds is 3. The molecule has 0 radical (unpaired) electrons. The summed E-state index contributed by atoms with van der Waals surface area (Å²) in [5.74, 6) is 2.67. The molecule has 4 rings (SSSR count). The third kappa shape index (κ3) is 5.97. The van der Waals surface area contributed by atoms with Gasteiger partial charge < -0.3 is 10.2 Å². The predicted molar refractivity (Wildman–Crippen MR) is 131 cm³/mol. The van der Waals surface area contributed by atoms with Crippen LogP contribution in [0.4, 0.5) is 35.3 Å². The van der Waals surface area contributed by atoms with Gasteiger partial charge in [-0.05, 0) is 54.7 Å². The quantitative estimate of drug-likeness (QED) is 0.623. The predicted octanol–water partition coefficient (Wildman–Crippen LogP) is 3.40. The lowest BCUT2D eigenvalue weighted by molar-refractivity contribution is -0.123. The molecule has 2 aromatic rings. The Morgan fingerprint density at radius 3 is 2.71 bits per heavy atom. The Morgan fingerprint density at radius 2 is 2.00 bits per heavy atom. The van der Waals surface area contributed by atoms with E-state index in [1.807, 2.05) is 10.2 Å². The van der Waals surface area contributed by atoms with Gasteiger partial charge in [0, 0.05) is 24.8 Å². The molecule has 1 atom stereocenters. The lowest BCUT2D eigenvalue weighted by Gasteiger charge is -2.35. The molecule has 3 amide bonds. The fourth-order valence-corrected chi connectivity index (χ4v) is 4.25. The molecule has 0 aliphatic carbocycles. The van der Waals surface area contributed by atoms with Crippen LogP contribution in [0.1, 0.15) is 22.5 Å². The average Bonchev–Trinajstić information content (AvgIpc) is 3.19. The van der Waals surface area contributed by atoms with Crippen molar-refractivity contribution in [1.29, 1.82) is 0 Å². The molecule has 186 valence electrons. The number of anilines is 3. The molecule has 0 spiro atoms. The maximum atomic E-state index is 13.3. The lowest BCUT2D eigenvalue weighted by atomic mass is 10.1. The van der Waals surface area contributed by atoms with E-state index in [9.17, 15) is 22.8 Å². The Kier molecular flexibility index (Phi) is 6.55. The Hall–Kier alpha value is -3.46. The molecular weight excluding hydrogens is 481 g/mol. The second-order valence-corrected chi connectivity index (χ2v) is 12.9. The van der Waals surface area contributed by atoms with Gasteiger partial charge in [-0.3, -0.25) is 15.0 Å². The molecule has 2 aliphatic rings. The van der Waals surface area contributed by atoms with Gasteiger partial charge in [0.05, 0.1) is 11.7 Å². The average molecular weight is 507 g/mol. The lowest BCUT2D eigenvalue weighted by Crippen LogP contribution is -2.48. The topological polar surface area (TPSA) is 90.5 Å². The molecular formula is C23H25F3N6O2S. The van der Waals surface area contributed by atoms with Crippen LogP contribution in [0.5, 0.6) is 0 Å². The van der Waals surface area contributed by atoms with Crippen molar-refractivity contribution in [3.05, 3.63) is 41.7 Å². The van der Waals surface area contributed by atoms with Crippen molar-refractivity contribution in [2.45, 2.75) is 18.6 Å². The number of pyridine rings is 2. The summed E-state index contributed by atoms with van der Waals surface area (Å²) in [5, 5.41) is 7.80. The number of carbonyl (C=O) groups is 2. The number of fused-ring (bicyclic) bond motifs is 4. The summed E-state index contributed by atoms with van der Waals surface area (Å²) in [6.45, 7) is -0.179. The van der Waals surface area contributed by atoms with Crippen LogP contribution in [0.15, 0.2) is 30.5 Å². The number of nitrogens with zero attached hydrogens (tertiary/aromatic N) is 4. The van der Waals surface area contributed by atoms with Crippen molar-refractivity contribution in [2.75, 3.05) is 53.5 Å². The third-order valence-electron chi connectivity index (χ3n) is 5.35. The van der Waals surface area contributed by atoms with E-state index in [4.69, 9.17) is 0 Å². The van der Waals surface area contributed by atoms with Gasteiger partial charge in [-0.15, -0.1) is 0 Å². The zero-order valence-corrected chi connectivity index (χ0v) is 20.3. The number of alkyl halides is 3. The highest BCUT2D eigenvalue weighted by Crippen LogP contribution is 2.39. The highest BCUT2D eigenvalue weighted by Gasteiger charge is 2.40. The number of carbonyl (C=O) groups excluding carboxylic acids is 2. The summed E-state index contributed by atoms with van der Waals surface area (Å²) in [6, 6.07) is 5.71. The zero-order chi connectivity index (χ0) is 25.4. The molecule has 0 saturated carbocycles. The van der Waals surface area contributed by atoms with Crippen molar-refractivity contribution in [2.24, 2.45) is 0 Å². The van der Waals surface area contributed by atoms with Gasteiger partial charge in [0.25, 0.3) is 5.91 Å². The first kappa shape index (κ1) is 24.7. The number of amides is 3. The summed E-state index contributed by atoms with van der Waals surface area (Å²) in [7, 11) is -1.02. The summed E-state index contributed by atoms with van der Waals surface area (Å²) in [4.78, 5) is 37.6. The van der Waals surface area contributed by atoms with Crippen molar-refractivity contribution < 1.29 is 22.8 Å². The molecule has 4 heterocycles. The van der Waals surface area contributed by atoms with E-state index in [0.29, 0.717) is 36.6 Å². The fourth-order valence-electron chi connectivity index (χ4n) is 3.83. The Morgan fingerprint density at radius 1 is 1.23 bits per heavy atom. The van der Waals surface area contributed by atoms with Crippen LogP contribution >= 0.6 is 10.0 Å². The smallest absolute Gasteiger partial charge is 0.366 e. The second-order valence-electron chi connectivity index (χ2n) is 9.02. The van der Waals surface area contributed by atoms with Gasteiger partial charge >= 0.3 is 12.2 Å². The van der Waals surface area contributed by atoms with Crippen molar-refractivity contribution in [3.63, 3.8) is 0 Å². The molecule has 2 aliphatic heterocycles. The van der Waals surface area contributed by atoms with E-state index in [1.54, 1.807) is 24.4 Å². The number of urea groups is 1. The van der Waals surface area contributed by atoms with E-state index in [2.05, 4.69) is 45.2 Å². The van der Waals surface area contributed by atoms with Gasteiger partial charge in [-0.2, -0.15) is 23.2 Å². The molecule has 1 saturated heterocycles. The fraction of sp³-hybridized carbons (Fsp3) is 0.391. The van der Waals surface area contributed by atoms with E-state index < -0.39 is 34.7 Å². The van der Waals surface area contributed by atoms with Crippen LogP contribution in [0.25, 0.3) is 0 Å². The van der Waals surface area contributed by atoms with Crippen molar-refractivity contribution in [1.82, 2.24) is 15.3 Å². The van der Waals surface area contributed by atoms with Gasteiger partial charge in [-0.1, -0.05) is 5.92 Å². The Balaban J connectivity index is 1.58. The van der Waals surface area contributed by atoms with Crippen molar-refractivity contribution in [3.8, 4) is 11.2 Å². The van der Waals surface area contributed by atoms with Crippen LogP contribution in [0.3, 0.4) is 0 Å². The summed E-state index contributed by atoms with van der Waals surface area (Å²) >= 11 is 0. The number of aromatic nitrogens is 2. The molecule has 2 N–H and O–H groups in total. The number of nitrogens with one attached hydrogen (secondary N) is 2. The first-order chi connectivity index (χ1) is 16.4. The molecule has 35 heavy (non-hydrogen) atoms. The molecule has 0 unspecified atom stereocenters. The monoisotopic (exact) mass is 506 g/mol. The zero-order valence-electron chi connectivity index (χ0n) is 19.4. The molecule has 2 bridgehead atoms. The number of halogens is 3. The van der Waals surface area contributed by atoms with Crippen LogP contribution in [0.2, 0.25) is 0 Å².